The van der Waals surface area contributed by atoms with Crippen molar-refractivity contribution in [2.24, 2.45) is 0 Å². The maximum Gasteiger partial charge on any atom is 0.262 e. The van der Waals surface area contributed by atoms with Gasteiger partial charge in [0.25, 0.3) is 83.2 Å². The van der Waals surface area contributed by atoms with Crippen molar-refractivity contribution >= 4 is 105 Å². The highest BCUT2D eigenvalue weighted by Crippen LogP contribution is 2.43. The zero-order valence-electron chi connectivity index (χ0n) is 42.6. The number of fused-ring (bicyclic) bond motifs is 2. The first-order valence-electron chi connectivity index (χ1n) is 22.6. The molecule has 2 heterocycles. The molecule has 46 heteroatoms. The van der Waals surface area contributed by atoms with E-state index in [1.165, 1.54) is 48.5 Å². The summed E-state index contributed by atoms with van der Waals surface area (Å²) in [4.78, 5) is 28.2. The molecular formula is C44H22O38S8-8. The molecule has 0 saturated heterocycles. The molecule has 0 aliphatic heterocycles. The van der Waals surface area contributed by atoms with Crippen LogP contribution in [0.3, 0.4) is 0 Å². The molecule has 6 aromatic carbocycles. The number of benzene rings is 6. The first-order chi connectivity index (χ1) is 41.3. The van der Waals surface area contributed by atoms with Gasteiger partial charge in [0.1, 0.15) is 58.2 Å². The second-order valence-electron chi connectivity index (χ2n) is 17.0. The van der Waals surface area contributed by atoms with Crippen LogP contribution in [0.25, 0.3) is 55.7 Å². The predicted molar refractivity (Wildman–Crippen MR) is 279 cm³/mol. The Hall–Kier alpha value is -8.98. The van der Waals surface area contributed by atoms with Gasteiger partial charge in [0, 0.05) is 35.4 Å². The Balaban J connectivity index is 1.10. The van der Waals surface area contributed by atoms with Gasteiger partial charge in [-0.1, -0.05) is 48.5 Å². The molecule has 0 bridgehead atoms. The van der Waals surface area contributed by atoms with Crippen LogP contribution in [0.1, 0.15) is 11.1 Å². The summed E-state index contributed by atoms with van der Waals surface area (Å²) < 4.78 is 335. The maximum atomic E-state index is 14.1. The van der Waals surface area contributed by atoms with Crippen LogP contribution in [0, 0.1) is 0 Å². The van der Waals surface area contributed by atoms with Gasteiger partial charge in [0.15, 0.2) is 34.5 Å². The van der Waals surface area contributed by atoms with Crippen LogP contribution in [0.4, 0.5) is 0 Å². The van der Waals surface area contributed by atoms with E-state index in [0.29, 0.717) is 71.8 Å². The van der Waals surface area contributed by atoms with Gasteiger partial charge in [-0.15, -0.1) is 0 Å². The zero-order valence-corrected chi connectivity index (χ0v) is 49.1. The summed E-state index contributed by atoms with van der Waals surface area (Å²) in [5.41, 5.74) is -5.33. The fourth-order valence-corrected chi connectivity index (χ4v) is 10.5. The van der Waals surface area contributed by atoms with Crippen molar-refractivity contribution < 1.29 is 156 Å². The van der Waals surface area contributed by atoms with Crippen LogP contribution >= 0.6 is 0 Å². The van der Waals surface area contributed by atoms with Crippen molar-refractivity contribution in [2.75, 3.05) is 0 Å². The Morgan fingerprint density at radius 3 is 0.867 bits per heavy atom. The van der Waals surface area contributed by atoms with Crippen LogP contribution < -0.4 is 53.8 Å². The van der Waals surface area contributed by atoms with Crippen molar-refractivity contribution in [1.29, 1.82) is 0 Å². The molecule has 0 radical (unpaired) electrons. The highest BCUT2D eigenvalue weighted by atomic mass is 32.3. The third kappa shape index (κ3) is 18.1. The average molecular weight is 1420 g/mol. The number of ether oxygens (including phenoxy) is 2. The lowest BCUT2D eigenvalue weighted by Crippen LogP contribution is -2.17. The Bertz CT molecular complexity index is 4990. The average Bonchev–Trinajstić information content (AvgIpc) is 0.769. The molecule has 0 aliphatic carbocycles. The highest BCUT2D eigenvalue weighted by Gasteiger charge is 2.28. The Morgan fingerprint density at radius 2 is 0.578 bits per heavy atom. The number of hydrogen-bond donors (Lipinski definition) is 0. The minimum atomic E-state index is -5.99. The van der Waals surface area contributed by atoms with Gasteiger partial charge >= 0.3 is 0 Å². The smallest absolute Gasteiger partial charge is 0.262 e. The van der Waals surface area contributed by atoms with E-state index in [4.69, 9.17) is 18.3 Å². The van der Waals surface area contributed by atoms with E-state index in [0.717, 1.165) is 0 Å². The van der Waals surface area contributed by atoms with Crippen LogP contribution in [-0.2, 0) is 96.4 Å². The summed E-state index contributed by atoms with van der Waals surface area (Å²) in [6.07, 6.45) is 0. The lowest BCUT2D eigenvalue weighted by Gasteiger charge is -2.18. The fourth-order valence-electron chi connectivity index (χ4n) is 7.70. The number of hydrogen-bond acceptors (Lipinski definition) is 38. The van der Waals surface area contributed by atoms with Gasteiger partial charge in [-0.3, -0.25) is 9.59 Å². The largest absolute Gasteiger partial charge is 0.716 e. The first-order valence-corrected chi connectivity index (χ1v) is 33.2. The van der Waals surface area contributed by atoms with E-state index < -0.39 is 209 Å². The standard InChI is InChI=1S/C44H30O38S8/c45-39-37-33(15-27(75-83(47,48)49)17-35(37)73-41(43(39)81-89(65,66)67)25-9-11-29(77-85(53,54)55)31(13-25)79-87(59,60)61)71-19-21-1-5-23(6-2-21)24-7-3-22(4-8-24)20-72-34-16-28(76-84(50,51)52)18-36-38(34)40(46)44(82-90(68,69)70)42(74-36)26-10-12-30(78-86(56,57)58)32(14-26)80-88(62,63)64/h1-18H,19-20H2,(H,47,48,49)(H,50,51,52)(H,53,54,55)(H,56,57,58)(H,59,60,61)(H,62,63,64)(H,65,66,67)(H,68,69,70)/p-8. The van der Waals surface area contributed by atoms with E-state index in [-0.39, 0.29) is 11.1 Å². The normalized spacial score (nSPS) is 12.7. The third-order valence-electron chi connectivity index (χ3n) is 10.8. The molecule has 38 nitrogen and oxygen atoms in total. The molecule has 0 saturated carbocycles. The van der Waals surface area contributed by atoms with Crippen molar-refractivity contribution in [3.05, 3.63) is 141 Å². The van der Waals surface area contributed by atoms with Crippen molar-refractivity contribution in [2.45, 2.75) is 13.2 Å². The second-order valence-corrected chi connectivity index (χ2v) is 24.9. The van der Waals surface area contributed by atoms with Gasteiger partial charge < -0.3 is 88.2 Å². The molecule has 0 unspecified atom stereocenters. The molecule has 0 aliphatic rings. The van der Waals surface area contributed by atoms with E-state index >= 15 is 0 Å². The fraction of sp³-hybridized carbons (Fsp3) is 0.0455. The van der Waals surface area contributed by atoms with Gasteiger partial charge in [0.2, 0.25) is 22.4 Å². The Kier molecular flexibility index (Phi) is 18.2. The predicted octanol–water partition coefficient (Wildman–Crippen LogP) is 0.770. The Labute approximate surface area is 503 Å². The van der Waals surface area contributed by atoms with Crippen molar-refractivity contribution in [1.82, 2.24) is 0 Å². The molecule has 2 aromatic heterocycles. The van der Waals surface area contributed by atoms with Crippen LogP contribution in [0.2, 0.25) is 0 Å². The summed E-state index contributed by atoms with van der Waals surface area (Å²) in [7, 11) is -46.5. The molecule has 8 rings (SSSR count). The molecule has 0 atom stereocenters. The Morgan fingerprint density at radius 1 is 0.300 bits per heavy atom. The summed E-state index contributed by atoms with van der Waals surface area (Å²) in [5.74, 6) is -14.3. The monoisotopic (exact) mass is 1410 g/mol. The minimum Gasteiger partial charge on any atom is -0.716 e. The summed E-state index contributed by atoms with van der Waals surface area (Å²) in [6, 6.07) is 16.6. The molecule has 0 N–H and O–H groups in total. The molecule has 0 amide bonds. The van der Waals surface area contributed by atoms with E-state index in [2.05, 4.69) is 33.5 Å². The van der Waals surface area contributed by atoms with Gasteiger partial charge in [-0.25, -0.2) is 67.3 Å². The van der Waals surface area contributed by atoms with Crippen molar-refractivity contribution in [3.8, 4) is 91.3 Å². The van der Waals surface area contributed by atoms with Crippen LogP contribution in [0.5, 0.6) is 57.5 Å². The van der Waals surface area contributed by atoms with Gasteiger partial charge in [0.05, 0.1) is 0 Å². The lowest BCUT2D eigenvalue weighted by atomic mass is 10.0. The molecular weight excluding hydrogens is 1390 g/mol. The van der Waals surface area contributed by atoms with Crippen LogP contribution in [-0.4, -0.2) is 104 Å². The van der Waals surface area contributed by atoms with E-state index in [9.17, 15) is 113 Å². The zero-order chi connectivity index (χ0) is 66.5. The van der Waals surface area contributed by atoms with E-state index in [1.807, 2.05) is 0 Å². The molecule has 8 aromatic rings. The van der Waals surface area contributed by atoms with E-state index in [1.54, 1.807) is 0 Å². The van der Waals surface area contributed by atoms with Crippen LogP contribution in [0.15, 0.2) is 128 Å². The van der Waals surface area contributed by atoms with Gasteiger partial charge in [-0.05, 0) is 58.7 Å². The topological polar surface area (TPSA) is 610 Å². The maximum absolute atomic E-state index is 14.1. The quantitative estimate of drug-likeness (QED) is 0.0563. The minimum absolute atomic E-state index is 0.221. The summed E-state index contributed by atoms with van der Waals surface area (Å²) in [6.45, 7) is -1.20. The lowest BCUT2D eigenvalue weighted by molar-refractivity contribution is 0.307. The molecule has 0 spiro atoms. The summed E-state index contributed by atoms with van der Waals surface area (Å²) >= 11 is 0. The highest BCUT2D eigenvalue weighted by molar-refractivity contribution is 7.82. The third-order valence-corrected chi connectivity index (χ3v) is 13.8. The van der Waals surface area contributed by atoms with Gasteiger partial charge in [-0.2, -0.15) is 0 Å². The second kappa shape index (κ2) is 24.4. The van der Waals surface area contributed by atoms with Crippen molar-refractivity contribution in [3.63, 3.8) is 0 Å². The summed E-state index contributed by atoms with van der Waals surface area (Å²) in [5, 5.41) is -1.75. The first kappa shape index (κ1) is 67.0. The number of rotatable bonds is 25. The molecule has 0 fully saturated rings. The molecule has 482 valence electrons. The molecule has 90 heavy (non-hydrogen) atoms. The SMILES string of the molecule is O=c1c(OS(=O)(=O)[O-])c(-c2ccc(OS(=O)(=O)[O-])c(OS(=O)(=O)[O-])c2)oc2cc(OS(=O)(=O)[O-])cc(OCc3ccc(-c4ccc(COc5cc(OS(=O)(=O)[O-])cc6oc(-c7ccc(OS(=O)(=O)[O-])c(OS(=O)(=O)[O-])c7)c(OS(=O)(=O)[O-])c(=O)c56)cc4)cc3)c12.